The number of hydrogen-bond donors (Lipinski definition) is 2. The van der Waals surface area contributed by atoms with Gasteiger partial charge in [-0.3, -0.25) is 9.69 Å². The molecule has 0 aromatic heterocycles. The first-order chi connectivity index (χ1) is 17.0. The molecule has 8 heteroatoms. The van der Waals surface area contributed by atoms with Gasteiger partial charge in [0.1, 0.15) is 6.04 Å². The molecule has 0 unspecified atom stereocenters. The first-order valence-electron chi connectivity index (χ1n) is 11.1. The number of benzene rings is 3. The molecule has 0 aliphatic rings. The van der Waals surface area contributed by atoms with Crippen molar-refractivity contribution in [1.29, 1.82) is 0 Å². The Bertz CT molecular complexity index is 1110. The molecule has 3 rings (SSSR count). The molecule has 0 fully saturated rings. The van der Waals surface area contributed by atoms with Gasteiger partial charge in [-0.2, -0.15) is 23.5 Å². The van der Waals surface area contributed by atoms with Gasteiger partial charge in [0.15, 0.2) is 0 Å². The van der Waals surface area contributed by atoms with Crippen LogP contribution in [-0.2, 0) is 10.5 Å². The summed E-state index contributed by atoms with van der Waals surface area (Å²) in [5, 5.41) is 12.2. The summed E-state index contributed by atoms with van der Waals surface area (Å²) in [6.07, 6.45) is 1.88. The largest absolute Gasteiger partial charge is 0.480 e. The van der Waals surface area contributed by atoms with Crippen LogP contribution < -0.4 is 5.32 Å². The molecule has 3 aromatic carbocycles. The Morgan fingerprint density at radius 2 is 1.49 bits per heavy atom. The first kappa shape index (κ1) is 26.4. The second-order valence-electron chi connectivity index (χ2n) is 7.73. The molecule has 35 heavy (non-hydrogen) atoms. The number of carboxylic acids is 1. The van der Waals surface area contributed by atoms with E-state index in [2.05, 4.69) is 5.32 Å². The second kappa shape index (κ2) is 13.6. The van der Waals surface area contributed by atoms with Gasteiger partial charge in [0, 0.05) is 29.4 Å². The Kier molecular flexibility index (Phi) is 10.3. The predicted octanol–water partition coefficient (Wildman–Crippen LogP) is 5.26. The molecule has 0 bridgehead atoms. The van der Waals surface area contributed by atoms with E-state index in [1.54, 1.807) is 12.1 Å². The summed E-state index contributed by atoms with van der Waals surface area (Å²) in [6.45, 7) is 0.176. The highest BCUT2D eigenvalue weighted by molar-refractivity contribution is 7.98. The average Bonchev–Trinajstić information content (AvgIpc) is 2.89. The standard InChI is InChI=1S/C27H28N2O4S2/c1-34-17-16-29(25(30)23-14-12-22(13-15-23)21-10-6-3-7-11-21)27(33)28-24(26(31)32)19-35-18-20-8-4-2-5-9-20/h2-15,24H,16-19H2,1H3,(H,28,33)(H,31,32)/t24-/m0/s1. The van der Waals surface area contributed by atoms with Crippen LogP contribution in [0, 0.1) is 0 Å². The highest BCUT2D eigenvalue weighted by Crippen LogP contribution is 2.20. The maximum absolute atomic E-state index is 13.2. The smallest absolute Gasteiger partial charge is 0.327 e. The monoisotopic (exact) mass is 508 g/mol. The second-order valence-corrected chi connectivity index (χ2v) is 9.75. The normalized spacial score (nSPS) is 11.5. The zero-order valence-electron chi connectivity index (χ0n) is 19.4. The molecule has 0 aliphatic carbocycles. The molecular formula is C27H28N2O4S2. The van der Waals surface area contributed by atoms with Crippen molar-refractivity contribution in [3.63, 3.8) is 0 Å². The van der Waals surface area contributed by atoms with E-state index in [0.717, 1.165) is 21.6 Å². The minimum atomic E-state index is -1.14. The number of carbonyl (C=O) groups is 3. The summed E-state index contributed by atoms with van der Waals surface area (Å²) in [5.41, 5.74) is 3.43. The number of nitrogens with one attached hydrogen (secondary N) is 1. The van der Waals surface area contributed by atoms with Gasteiger partial charge in [0.25, 0.3) is 5.91 Å². The van der Waals surface area contributed by atoms with Gasteiger partial charge < -0.3 is 10.4 Å². The third kappa shape index (κ3) is 7.90. The zero-order chi connectivity index (χ0) is 25.0. The molecule has 0 saturated carbocycles. The van der Waals surface area contributed by atoms with Crippen LogP contribution in [0.2, 0.25) is 0 Å². The molecule has 1 atom stereocenters. The number of thioether (sulfide) groups is 2. The number of nitrogens with zero attached hydrogens (tertiary/aromatic N) is 1. The Morgan fingerprint density at radius 3 is 2.09 bits per heavy atom. The topological polar surface area (TPSA) is 86.7 Å². The van der Waals surface area contributed by atoms with Gasteiger partial charge in [-0.15, -0.1) is 0 Å². The zero-order valence-corrected chi connectivity index (χ0v) is 21.1. The molecule has 0 heterocycles. The summed E-state index contributed by atoms with van der Waals surface area (Å²) >= 11 is 2.92. The van der Waals surface area contributed by atoms with E-state index in [1.807, 2.05) is 79.1 Å². The van der Waals surface area contributed by atoms with Crippen molar-refractivity contribution in [3.8, 4) is 11.1 Å². The SMILES string of the molecule is CSCCN(C(=O)N[C@@H](CSCc1ccccc1)C(=O)O)C(=O)c1ccc(-c2ccccc2)cc1. The van der Waals surface area contributed by atoms with E-state index in [1.165, 1.54) is 23.5 Å². The van der Waals surface area contributed by atoms with Gasteiger partial charge in [-0.05, 0) is 35.1 Å². The van der Waals surface area contributed by atoms with Crippen LogP contribution in [0.15, 0.2) is 84.9 Å². The Morgan fingerprint density at radius 1 is 0.886 bits per heavy atom. The maximum Gasteiger partial charge on any atom is 0.327 e. The van der Waals surface area contributed by atoms with Crippen molar-refractivity contribution in [2.75, 3.05) is 24.3 Å². The van der Waals surface area contributed by atoms with Crippen molar-refractivity contribution in [2.24, 2.45) is 0 Å². The van der Waals surface area contributed by atoms with Crippen LogP contribution >= 0.6 is 23.5 Å². The highest BCUT2D eigenvalue weighted by Gasteiger charge is 2.27. The number of carbonyl (C=O) groups excluding carboxylic acids is 2. The molecule has 2 N–H and O–H groups in total. The number of amides is 3. The Hall–Kier alpha value is -3.23. The minimum Gasteiger partial charge on any atom is -0.480 e. The first-order valence-corrected chi connectivity index (χ1v) is 13.7. The predicted molar refractivity (Wildman–Crippen MR) is 144 cm³/mol. The molecule has 0 aliphatic heterocycles. The lowest BCUT2D eigenvalue weighted by Crippen LogP contribution is -2.51. The molecule has 3 aromatic rings. The van der Waals surface area contributed by atoms with E-state index in [-0.39, 0.29) is 12.3 Å². The van der Waals surface area contributed by atoms with E-state index in [9.17, 15) is 19.5 Å². The van der Waals surface area contributed by atoms with Crippen LogP contribution in [0.3, 0.4) is 0 Å². The van der Waals surface area contributed by atoms with E-state index in [0.29, 0.717) is 17.1 Å². The fraction of sp³-hybridized carbons (Fsp3) is 0.222. The Balaban J connectivity index is 1.67. The third-order valence-electron chi connectivity index (χ3n) is 5.24. The van der Waals surface area contributed by atoms with Crippen LogP contribution in [0.25, 0.3) is 11.1 Å². The van der Waals surface area contributed by atoms with Gasteiger partial charge in [0.2, 0.25) is 0 Å². The van der Waals surface area contributed by atoms with Crippen LogP contribution in [-0.4, -0.2) is 58.3 Å². The molecule has 6 nitrogen and oxygen atoms in total. The van der Waals surface area contributed by atoms with E-state index in [4.69, 9.17) is 0 Å². The number of hydrogen-bond acceptors (Lipinski definition) is 5. The van der Waals surface area contributed by atoms with Gasteiger partial charge in [0.05, 0.1) is 0 Å². The third-order valence-corrected chi connectivity index (χ3v) is 6.94. The molecule has 0 saturated heterocycles. The van der Waals surface area contributed by atoms with Crippen LogP contribution in [0.1, 0.15) is 15.9 Å². The Labute approximate surface area is 214 Å². The lowest BCUT2D eigenvalue weighted by Gasteiger charge is -2.23. The van der Waals surface area contributed by atoms with Gasteiger partial charge in [-0.25, -0.2) is 9.59 Å². The lowest BCUT2D eigenvalue weighted by atomic mass is 10.0. The van der Waals surface area contributed by atoms with Crippen molar-refractivity contribution in [1.82, 2.24) is 10.2 Å². The number of aliphatic carboxylic acids is 1. The minimum absolute atomic E-state index is 0.176. The van der Waals surface area contributed by atoms with Crippen LogP contribution in [0.5, 0.6) is 0 Å². The van der Waals surface area contributed by atoms with Crippen molar-refractivity contribution >= 4 is 41.4 Å². The molecule has 182 valence electrons. The van der Waals surface area contributed by atoms with Crippen LogP contribution in [0.4, 0.5) is 4.79 Å². The molecular weight excluding hydrogens is 480 g/mol. The van der Waals surface area contributed by atoms with E-state index < -0.39 is 23.9 Å². The molecule has 3 amide bonds. The maximum atomic E-state index is 13.2. The van der Waals surface area contributed by atoms with Crippen molar-refractivity contribution < 1.29 is 19.5 Å². The summed E-state index contributed by atoms with van der Waals surface area (Å²) < 4.78 is 0. The summed E-state index contributed by atoms with van der Waals surface area (Å²) in [7, 11) is 0. The fourth-order valence-corrected chi connectivity index (χ4v) is 4.71. The quantitative estimate of drug-likeness (QED) is 0.368. The number of carboxylic acid groups (broad SMARTS) is 1. The molecule has 0 spiro atoms. The molecule has 0 radical (unpaired) electrons. The summed E-state index contributed by atoms with van der Waals surface area (Å²) in [4.78, 5) is 39.1. The van der Waals surface area contributed by atoms with Gasteiger partial charge in [-0.1, -0.05) is 72.8 Å². The van der Waals surface area contributed by atoms with Gasteiger partial charge >= 0.3 is 12.0 Å². The summed E-state index contributed by atoms with van der Waals surface area (Å²) in [6, 6.07) is 24.7. The fourth-order valence-electron chi connectivity index (χ4n) is 3.34. The summed E-state index contributed by atoms with van der Waals surface area (Å²) in [5.74, 6) is -0.238. The number of rotatable bonds is 11. The number of imide groups is 1. The van der Waals surface area contributed by atoms with Crippen molar-refractivity contribution in [2.45, 2.75) is 11.8 Å². The average molecular weight is 509 g/mol. The number of urea groups is 1. The van der Waals surface area contributed by atoms with Crippen molar-refractivity contribution in [3.05, 3.63) is 96.1 Å². The lowest BCUT2D eigenvalue weighted by molar-refractivity contribution is -0.138. The van der Waals surface area contributed by atoms with E-state index >= 15 is 0 Å². The highest BCUT2D eigenvalue weighted by atomic mass is 32.2.